The van der Waals surface area contributed by atoms with Crippen molar-refractivity contribution in [3.05, 3.63) is 29.8 Å². The number of esters is 1. The minimum Gasteiger partial charge on any atom is -0.462 e. The first-order valence-corrected chi connectivity index (χ1v) is 12.5. The largest absolute Gasteiger partial charge is 0.462 e. The lowest BCUT2D eigenvalue weighted by Crippen LogP contribution is -2.28. The molecule has 0 saturated carbocycles. The summed E-state index contributed by atoms with van der Waals surface area (Å²) in [5.41, 5.74) is 1.08. The Labute approximate surface area is 207 Å². The number of anilines is 1. The zero-order valence-corrected chi connectivity index (χ0v) is 21.7. The van der Waals surface area contributed by atoms with E-state index in [1.165, 1.54) is 44.9 Å². The van der Waals surface area contributed by atoms with Gasteiger partial charge in [-0.05, 0) is 63.0 Å². The summed E-state index contributed by atoms with van der Waals surface area (Å²) < 4.78 is 10.6. The van der Waals surface area contributed by atoms with Gasteiger partial charge < -0.3 is 14.4 Å². The van der Waals surface area contributed by atoms with Crippen molar-refractivity contribution in [1.29, 1.82) is 0 Å². The van der Waals surface area contributed by atoms with Crippen molar-refractivity contribution in [3.63, 3.8) is 0 Å². The number of rotatable bonds is 18. The summed E-state index contributed by atoms with van der Waals surface area (Å²) in [7, 11) is 0. The second-order valence-electron chi connectivity index (χ2n) is 8.29. The van der Waals surface area contributed by atoms with E-state index in [0.717, 1.165) is 38.9 Å². The minimum atomic E-state index is -0.471. The SMILES string of the molecule is CCCCCCCOC(=O)c1ccc(NC(=O)OCCCN(CCCC)CCCC)cc1.Cl. The van der Waals surface area contributed by atoms with E-state index in [2.05, 4.69) is 31.0 Å². The third-order valence-corrected chi connectivity index (χ3v) is 5.36. The van der Waals surface area contributed by atoms with E-state index in [-0.39, 0.29) is 18.4 Å². The number of nitrogens with one attached hydrogen (secondary N) is 1. The highest BCUT2D eigenvalue weighted by atomic mass is 35.5. The molecule has 7 heteroatoms. The van der Waals surface area contributed by atoms with Crippen LogP contribution >= 0.6 is 12.4 Å². The number of carbonyl (C=O) groups is 2. The van der Waals surface area contributed by atoms with Gasteiger partial charge in [-0.3, -0.25) is 5.32 Å². The van der Waals surface area contributed by atoms with Crippen LogP contribution in [0.2, 0.25) is 0 Å². The van der Waals surface area contributed by atoms with Crippen LogP contribution in [0.1, 0.15) is 95.3 Å². The molecule has 0 bridgehead atoms. The second-order valence-corrected chi connectivity index (χ2v) is 8.29. The minimum absolute atomic E-state index is 0. The normalized spacial score (nSPS) is 10.5. The Bertz CT molecular complexity index is 617. The second kappa shape index (κ2) is 20.8. The van der Waals surface area contributed by atoms with Gasteiger partial charge >= 0.3 is 12.1 Å². The highest BCUT2D eigenvalue weighted by molar-refractivity contribution is 5.91. The summed E-state index contributed by atoms with van der Waals surface area (Å²) in [6, 6.07) is 6.70. The average molecular weight is 485 g/mol. The summed E-state index contributed by atoms with van der Waals surface area (Å²) in [6.07, 6.45) is 10.7. The first-order valence-electron chi connectivity index (χ1n) is 12.5. The van der Waals surface area contributed by atoms with Gasteiger partial charge in [-0.25, -0.2) is 9.59 Å². The quantitative estimate of drug-likeness (QED) is 0.178. The van der Waals surface area contributed by atoms with Crippen molar-refractivity contribution < 1.29 is 19.1 Å². The molecule has 190 valence electrons. The molecular formula is C26H45ClN2O4. The van der Waals surface area contributed by atoms with Crippen LogP contribution in [0.15, 0.2) is 24.3 Å². The topological polar surface area (TPSA) is 67.9 Å². The van der Waals surface area contributed by atoms with Crippen LogP contribution in [0.4, 0.5) is 10.5 Å². The van der Waals surface area contributed by atoms with E-state index in [1.807, 2.05) is 0 Å². The lowest BCUT2D eigenvalue weighted by atomic mass is 10.2. The third-order valence-electron chi connectivity index (χ3n) is 5.36. The van der Waals surface area contributed by atoms with E-state index in [0.29, 0.717) is 24.5 Å². The molecular weight excluding hydrogens is 440 g/mol. The smallest absolute Gasteiger partial charge is 0.411 e. The Morgan fingerprint density at radius 1 is 0.727 bits per heavy atom. The number of benzene rings is 1. The molecule has 0 unspecified atom stereocenters. The third kappa shape index (κ3) is 15.6. The summed E-state index contributed by atoms with van der Waals surface area (Å²) in [6.45, 7) is 10.6. The number of halogens is 1. The van der Waals surface area contributed by atoms with Crippen molar-refractivity contribution in [2.75, 3.05) is 38.2 Å². The fourth-order valence-corrected chi connectivity index (χ4v) is 3.35. The van der Waals surface area contributed by atoms with Gasteiger partial charge in [0.25, 0.3) is 0 Å². The molecule has 1 aromatic rings. The van der Waals surface area contributed by atoms with Crippen LogP contribution in [-0.4, -0.2) is 49.8 Å². The number of carbonyl (C=O) groups excluding carboxylic acids is 2. The van der Waals surface area contributed by atoms with Crippen LogP contribution in [0.5, 0.6) is 0 Å². The number of unbranched alkanes of at least 4 members (excludes halogenated alkanes) is 6. The van der Waals surface area contributed by atoms with Gasteiger partial charge in [0.15, 0.2) is 0 Å². The average Bonchev–Trinajstić information content (AvgIpc) is 2.80. The molecule has 0 aliphatic carbocycles. The van der Waals surface area contributed by atoms with Gasteiger partial charge in [0.1, 0.15) is 0 Å². The molecule has 6 nitrogen and oxygen atoms in total. The van der Waals surface area contributed by atoms with Crippen LogP contribution in [0.3, 0.4) is 0 Å². The molecule has 1 aromatic carbocycles. The Balaban J connectivity index is 0.0000102. The van der Waals surface area contributed by atoms with E-state index in [9.17, 15) is 9.59 Å². The first-order chi connectivity index (χ1) is 15.6. The molecule has 33 heavy (non-hydrogen) atoms. The lowest BCUT2D eigenvalue weighted by Gasteiger charge is -2.21. The van der Waals surface area contributed by atoms with Crippen molar-refractivity contribution in [1.82, 2.24) is 4.90 Å². The molecule has 0 radical (unpaired) electrons. The molecule has 1 rings (SSSR count). The summed E-state index contributed by atoms with van der Waals surface area (Å²) >= 11 is 0. The Kier molecular flexibility index (Phi) is 19.7. The Morgan fingerprint density at radius 2 is 1.27 bits per heavy atom. The van der Waals surface area contributed by atoms with E-state index < -0.39 is 6.09 Å². The zero-order chi connectivity index (χ0) is 23.4. The highest BCUT2D eigenvalue weighted by Crippen LogP contribution is 2.12. The van der Waals surface area contributed by atoms with Crippen LogP contribution in [0.25, 0.3) is 0 Å². The molecule has 0 aromatic heterocycles. The van der Waals surface area contributed by atoms with Gasteiger partial charge in [-0.15, -0.1) is 12.4 Å². The Morgan fingerprint density at radius 3 is 1.88 bits per heavy atom. The van der Waals surface area contributed by atoms with Gasteiger partial charge in [0, 0.05) is 12.2 Å². The number of nitrogens with zero attached hydrogens (tertiary/aromatic N) is 1. The number of amides is 1. The summed E-state index contributed by atoms with van der Waals surface area (Å²) in [4.78, 5) is 26.6. The predicted octanol–water partition coefficient (Wildman–Crippen LogP) is 7.08. The van der Waals surface area contributed by atoms with Crippen LogP contribution in [-0.2, 0) is 9.47 Å². The Hall–Kier alpha value is -1.79. The first kappa shape index (κ1) is 31.2. The number of hydrogen-bond acceptors (Lipinski definition) is 5. The maximum atomic E-state index is 12.1. The molecule has 1 amide bonds. The highest BCUT2D eigenvalue weighted by Gasteiger charge is 2.09. The van der Waals surface area contributed by atoms with Crippen LogP contribution in [0, 0.1) is 0 Å². The standard InChI is InChI=1S/C26H44N2O4.ClH/c1-4-7-10-11-12-21-31-25(29)23-14-16-24(17-15-23)27-26(30)32-22-13-20-28(18-8-5-2)19-9-6-3;/h14-17H,4-13,18-22H2,1-3H3,(H,27,30);1H. The molecule has 0 atom stereocenters. The lowest BCUT2D eigenvalue weighted by molar-refractivity contribution is 0.0497. The van der Waals surface area contributed by atoms with Crippen molar-refractivity contribution >= 4 is 30.2 Å². The van der Waals surface area contributed by atoms with Crippen molar-refractivity contribution in [2.45, 2.75) is 85.0 Å². The van der Waals surface area contributed by atoms with E-state index in [4.69, 9.17) is 9.47 Å². The number of ether oxygens (including phenoxy) is 2. The fourth-order valence-electron chi connectivity index (χ4n) is 3.35. The van der Waals surface area contributed by atoms with Gasteiger partial charge in [-0.1, -0.05) is 59.3 Å². The van der Waals surface area contributed by atoms with Crippen LogP contribution < -0.4 is 5.32 Å². The van der Waals surface area contributed by atoms with Crippen molar-refractivity contribution in [2.24, 2.45) is 0 Å². The van der Waals surface area contributed by atoms with E-state index in [1.54, 1.807) is 24.3 Å². The maximum absolute atomic E-state index is 12.1. The summed E-state index contributed by atoms with van der Waals surface area (Å²) in [5, 5.41) is 2.71. The monoisotopic (exact) mass is 484 g/mol. The molecule has 0 heterocycles. The maximum Gasteiger partial charge on any atom is 0.411 e. The van der Waals surface area contributed by atoms with Gasteiger partial charge in [0.2, 0.25) is 0 Å². The fraction of sp³-hybridized carbons (Fsp3) is 0.692. The molecule has 0 saturated heterocycles. The predicted molar refractivity (Wildman–Crippen MR) is 139 cm³/mol. The number of hydrogen-bond donors (Lipinski definition) is 1. The molecule has 1 N–H and O–H groups in total. The van der Waals surface area contributed by atoms with Crippen molar-refractivity contribution in [3.8, 4) is 0 Å². The van der Waals surface area contributed by atoms with E-state index >= 15 is 0 Å². The summed E-state index contributed by atoms with van der Waals surface area (Å²) in [5.74, 6) is -0.328. The molecule has 0 aliphatic rings. The van der Waals surface area contributed by atoms with Gasteiger partial charge in [0.05, 0.1) is 18.8 Å². The molecule has 0 fully saturated rings. The zero-order valence-electron chi connectivity index (χ0n) is 20.9. The molecule has 0 spiro atoms. The molecule has 0 aliphatic heterocycles. The van der Waals surface area contributed by atoms with Gasteiger partial charge in [-0.2, -0.15) is 0 Å².